The molecule has 0 aliphatic heterocycles. The number of hydrogen-bond donors (Lipinski definition) is 2. The Bertz CT molecular complexity index is 350. The Morgan fingerprint density at radius 1 is 1.50 bits per heavy atom. The molecular formula is C13H20N2O. The summed E-state index contributed by atoms with van der Waals surface area (Å²) in [6.45, 7) is 4.61. The number of carbonyl (C=O) groups excluding carboxylic acids is 1. The van der Waals surface area contributed by atoms with E-state index in [4.69, 9.17) is 5.73 Å². The van der Waals surface area contributed by atoms with Gasteiger partial charge in [-0.1, -0.05) is 43.2 Å². The molecule has 0 aliphatic carbocycles. The van der Waals surface area contributed by atoms with Gasteiger partial charge in [0.05, 0.1) is 6.04 Å². The van der Waals surface area contributed by atoms with Crippen LogP contribution in [0.1, 0.15) is 30.9 Å². The third-order valence-corrected chi connectivity index (χ3v) is 2.49. The predicted octanol–water partition coefficient (Wildman–Crippen LogP) is 1.74. The standard InChI is InChI=1S/C13H20N2O/c1-3-5-12(14)13(16)15-9-11-7-4-6-10(2)8-11/h4,6-8,12H,3,5,9,14H2,1-2H3,(H,15,16). The molecule has 0 bridgehead atoms. The summed E-state index contributed by atoms with van der Waals surface area (Å²) in [7, 11) is 0. The van der Waals surface area contributed by atoms with Crippen molar-refractivity contribution in [3.05, 3.63) is 35.4 Å². The summed E-state index contributed by atoms with van der Waals surface area (Å²) in [4.78, 5) is 11.6. The molecule has 1 aromatic carbocycles. The number of amides is 1. The molecule has 0 aromatic heterocycles. The number of rotatable bonds is 5. The smallest absolute Gasteiger partial charge is 0.237 e. The van der Waals surface area contributed by atoms with E-state index in [1.807, 2.05) is 32.0 Å². The summed E-state index contributed by atoms with van der Waals surface area (Å²) < 4.78 is 0. The Morgan fingerprint density at radius 2 is 2.25 bits per heavy atom. The van der Waals surface area contributed by atoms with Crippen molar-refractivity contribution in [3.63, 3.8) is 0 Å². The van der Waals surface area contributed by atoms with E-state index in [-0.39, 0.29) is 11.9 Å². The topological polar surface area (TPSA) is 55.1 Å². The summed E-state index contributed by atoms with van der Waals surface area (Å²) in [6.07, 6.45) is 1.67. The highest BCUT2D eigenvalue weighted by Gasteiger charge is 2.11. The largest absolute Gasteiger partial charge is 0.351 e. The summed E-state index contributed by atoms with van der Waals surface area (Å²) >= 11 is 0. The third kappa shape index (κ3) is 4.03. The van der Waals surface area contributed by atoms with Crippen molar-refractivity contribution >= 4 is 5.91 Å². The van der Waals surface area contributed by atoms with E-state index in [9.17, 15) is 4.79 Å². The molecular weight excluding hydrogens is 200 g/mol. The van der Waals surface area contributed by atoms with Crippen molar-refractivity contribution in [3.8, 4) is 0 Å². The van der Waals surface area contributed by atoms with Crippen molar-refractivity contribution in [1.82, 2.24) is 5.32 Å². The van der Waals surface area contributed by atoms with Crippen LogP contribution in [0, 0.1) is 6.92 Å². The Labute approximate surface area is 97.0 Å². The number of hydrogen-bond acceptors (Lipinski definition) is 2. The number of carbonyl (C=O) groups is 1. The van der Waals surface area contributed by atoms with Crippen molar-refractivity contribution in [2.45, 2.75) is 39.3 Å². The molecule has 3 nitrogen and oxygen atoms in total. The molecule has 1 rings (SSSR count). The molecule has 0 spiro atoms. The van der Waals surface area contributed by atoms with Crippen LogP contribution in [-0.4, -0.2) is 11.9 Å². The van der Waals surface area contributed by atoms with E-state index in [0.717, 1.165) is 18.4 Å². The van der Waals surface area contributed by atoms with Gasteiger partial charge in [0.2, 0.25) is 5.91 Å². The summed E-state index contributed by atoms with van der Waals surface area (Å²) in [6, 6.07) is 7.70. The van der Waals surface area contributed by atoms with Gasteiger partial charge in [-0.3, -0.25) is 4.79 Å². The van der Waals surface area contributed by atoms with E-state index in [2.05, 4.69) is 11.4 Å². The Kier molecular flexibility index (Phi) is 4.99. The van der Waals surface area contributed by atoms with Gasteiger partial charge in [-0.15, -0.1) is 0 Å². The van der Waals surface area contributed by atoms with E-state index in [0.29, 0.717) is 6.54 Å². The summed E-state index contributed by atoms with van der Waals surface area (Å²) in [5.41, 5.74) is 8.02. The van der Waals surface area contributed by atoms with Crippen LogP contribution in [0.25, 0.3) is 0 Å². The van der Waals surface area contributed by atoms with Gasteiger partial charge >= 0.3 is 0 Å². The molecule has 0 saturated carbocycles. The maximum atomic E-state index is 11.6. The first kappa shape index (κ1) is 12.7. The summed E-state index contributed by atoms with van der Waals surface area (Å²) in [5, 5.41) is 2.85. The number of benzene rings is 1. The molecule has 0 aliphatic rings. The highest BCUT2D eigenvalue weighted by molar-refractivity contribution is 5.81. The first-order valence-electron chi connectivity index (χ1n) is 5.72. The van der Waals surface area contributed by atoms with E-state index >= 15 is 0 Å². The second kappa shape index (κ2) is 6.28. The average Bonchev–Trinajstić information content (AvgIpc) is 2.26. The fraction of sp³-hybridized carbons (Fsp3) is 0.462. The van der Waals surface area contributed by atoms with Crippen LogP contribution < -0.4 is 11.1 Å². The first-order valence-corrected chi connectivity index (χ1v) is 5.72. The maximum Gasteiger partial charge on any atom is 0.237 e. The zero-order valence-electron chi connectivity index (χ0n) is 9.99. The second-order valence-electron chi connectivity index (χ2n) is 4.10. The van der Waals surface area contributed by atoms with Gasteiger partial charge in [0.15, 0.2) is 0 Å². The Balaban J connectivity index is 2.42. The van der Waals surface area contributed by atoms with E-state index in [1.54, 1.807) is 0 Å². The molecule has 3 heteroatoms. The molecule has 0 fully saturated rings. The molecule has 16 heavy (non-hydrogen) atoms. The van der Waals surface area contributed by atoms with Gasteiger partial charge in [0.25, 0.3) is 0 Å². The second-order valence-corrected chi connectivity index (χ2v) is 4.10. The van der Waals surface area contributed by atoms with Crippen molar-refractivity contribution in [2.75, 3.05) is 0 Å². The lowest BCUT2D eigenvalue weighted by molar-refractivity contribution is -0.122. The molecule has 1 aromatic rings. The van der Waals surface area contributed by atoms with Crippen LogP contribution in [0.15, 0.2) is 24.3 Å². The van der Waals surface area contributed by atoms with Crippen LogP contribution in [-0.2, 0) is 11.3 Å². The monoisotopic (exact) mass is 220 g/mol. The Morgan fingerprint density at radius 3 is 2.88 bits per heavy atom. The highest BCUT2D eigenvalue weighted by Crippen LogP contribution is 2.03. The summed E-state index contributed by atoms with van der Waals surface area (Å²) in [5.74, 6) is -0.0663. The predicted molar refractivity (Wildman–Crippen MR) is 65.9 cm³/mol. The van der Waals surface area contributed by atoms with Crippen LogP contribution in [0.2, 0.25) is 0 Å². The molecule has 1 amide bonds. The fourth-order valence-electron chi connectivity index (χ4n) is 1.58. The lowest BCUT2D eigenvalue weighted by Crippen LogP contribution is -2.40. The van der Waals surface area contributed by atoms with Gasteiger partial charge in [-0.05, 0) is 18.9 Å². The SMILES string of the molecule is CCCC(N)C(=O)NCc1cccc(C)c1. The normalized spacial score (nSPS) is 12.2. The molecule has 1 unspecified atom stereocenters. The first-order chi connectivity index (χ1) is 7.63. The minimum Gasteiger partial charge on any atom is -0.351 e. The van der Waals surface area contributed by atoms with Crippen molar-refractivity contribution in [1.29, 1.82) is 0 Å². The molecule has 0 heterocycles. The van der Waals surface area contributed by atoms with Crippen molar-refractivity contribution < 1.29 is 4.79 Å². The van der Waals surface area contributed by atoms with E-state index < -0.39 is 0 Å². The van der Waals surface area contributed by atoms with Crippen LogP contribution in [0.5, 0.6) is 0 Å². The zero-order valence-corrected chi connectivity index (χ0v) is 9.99. The van der Waals surface area contributed by atoms with E-state index in [1.165, 1.54) is 5.56 Å². The van der Waals surface area contributed by atoms with Gasteiger partial charge in [0, 0.05) is 6.54 Å². The van der Waals surface area contributed by atoms with Crippen LogP contribution in [0.4, 0.5) is 0 Å². The molecule has 88 valence electrons. The number of nitrogens with two attached hydrogens (primary N) is 1. The quantitative estimate of drug-likeness (QED) is 0.794. The fourth-order valence-corrected chi connectivity index (χ4v) is 1.58. The minimum absolute atomic E-state index is 0.0663. The highest BCUT2D eigenvalue weighted by atomic mass is 16.2. The zero-order chi connectivity index (χ0) is 12.0. The molecule has 1 atom stereocenters. The average molecular weight is 220 g/mol. The Hall–Kier alpha value is -1.35. The maximum absolute atomic E-state index is 11.6. The molecule has 3 N–H and O–H groups in total. The van der Waals surface area contributed by atoms with Gasteiger partial charge in [-0.25, -0.2) is 0 Å². The number of nitrogens with one attached hydrogen (secondary N) is 1. The third-order valence-electron chi connectivity index (χ3n) is 2.49. The van der Waals surface area contributed by atoms with Gasteiger partial charge < -0.3 is 11.1 Å². The molecule has 0 saturated heterocycles. The van der Waals surface area contributed by atoms with Crippen LogP contribution in [0.3, 0.4) is 0 Å². The van der Waals surface area contributed by atoms with Gasteiger partial charge in [-0.2, -0.15) is 0 Å². The lowest BCUT2D eigenvalue weighted by atomic mass is 10.1. The van der Waals surface area contributed by atoms with Crippen molar-refractivity contribution in [2.24, 2.45) is 5.73 Å². The number of aryl methyl sites for hydroxylation is 1. The van der Waals surface area contributed by atoms with Crippen LogP contribution >= 0.6 is 0 Å². The van der Waals surface area contributed by atoms with Gasteiger partial charge in [0.1, 0.15) is 0 Å². The minimum atomic E-state index is -0.380. The molecule has 0 radical (unpaired) electrons. The lowest BCUT2D eigenvalue weighted by Gasteiger charge is -2.11.